The minimum atomic E-state index is 0.611. The minimum Gasteiger partial charge on any atom is -0.481 e. The largest absolute Gasteiger partial charge is 0.481 e. The quantitative estimate of drug-likeness (QED) is 0.378. The van der Waals surface area contributed by atoms with Gasteiger partial charge < -0.3 is 24.8 Å². The number of hydrogen-bond acceptors (Lipinski definition) is 5. The fourth-order valence-electron chi connectivity index (χ4n) is 1.67. The lowest BCUT2D eigenvalue weighted by Gasteiger charge is -2.12. The molecule has 0 fully saturated rings. The maximum absolute atomic E-state index is 5.40. The molecule has 0 aliphatic carbocycles. The molecule has 1 heterocycles. The van der Waals surface area contributed by atoms with Crippen LogP contribution in [0.4, 0.5) is 0 Å². The number of aliphatic imine (C=N–C) groups is 1. The van der Waals surface area contributed by atoms with Gasteiger partial charge in [-0.2, -0.15) is 0 Å². The van der Waals surface area contributed by atoms with Crippen molar-refractivity contribution in [2.75, 3.05) is 47.6 Å². The normalized spacial score (nSPS) is 11.3. The van der Waals surface area contributed by atoms with Gasteiger partial charge in [-0.25, -0.2) is 4.98 Å². The zero-order chi connectivity index (χ0) is 16.0. The molecule has 1 aromatic rings. The fraction of sp³-hybridized carbons (Fsp3) is 0.600. The Hall–Kier alpha value is -1.86. The lowest BCUT2D eigenvalue weighted by atomic mass is 10.3. The smallest absolute Gasteiger partial charge is 0.212 e. The van der Waals surface area contributed by atoms with E-state index in [-0.39, 0.29) is 0 Å². The summed E-state index contributed by atoms with van der Waals surface area (Å²) in [4.78, 5) is 8.34. The van der Waals surface area contributed by atoms with Crippen molar-refractivity contribution in [1.82, 2.24) is 15.6 Å². The number of nitrogens with zero attached hydrogens (tertiary/aromatic N) is 2. The SMILES string of the molecule is CN=C(NCCCOCCOC)NCc1ccc(OC)nc1. The molecule has 124 valence electrons. The van der Waals surface area contributed by atoms with Crippen molar-refractivity contribution in [3.63, 3.8) is 0 Å². The molecule has 1 rings (SSSR count). The third-order valence-corrected chi connectivity index (χ3v) is 2.88. The van der Waals surface area contributed by atoms with Crippen LogP contribution in [0, 0.1) is 0 Å². The van der Waals surface area contributed by atoms with Gasteiger partial charge in [0.2, 0.25) is 5.88 Å². The van der Waals surface area contributed by atoms with E-state index in [4.69, 9.17) is 14.2 Å². The number of guanidine groups is 1. The summed E-state index contributed by atoms with van der Waals surface area (Å²) in [6.07, 6.45) is 2.69. The van der Waals surface area contributed by atoms with E-state index in [0.29, 0.717) is 32.2 Å². The number of hydrogen-bond donors (Lipinski definition) is 2. The Labute approximate surface area is 132 Å². The maximum atomic E-state index is 5.40. The van der Waals surface area contributed by atoms with Gasteiger partial charge in [-0.15, -0.1) is 0 Å². The molecule has 0 saturated carbocycles. The van der Waals surface area contributed by atoms with Crippen LogP contribution in [0.3, 0.4) is 0 Å². The number of methoxy groups -OCH3 is 2. The molecule has 0 aliphatic rings. The minimum absolute atomic E-state index is 0.611. The van der Waals surface area contributed by atoms with Gasteiger partial charge in [-0.3, -0.25) is 4.99 Å². The summed E-state index contributed by atoms with van der Waals surface area (Å²) < 4.78 is 15.3. The zero-order valence-corrected chi connectivity index (χ0v) is 13.6. The maximum Gasteiger partial charge on any atom is 0.212 e. The molecule has 2 N–H and O–H groups in total. The lowest BCUT2D eigenvalue weighted by Crippen LogP contribution is -2.37. The first-order chi connectivity index (χ1) is 10.8. The monoisotopic (exact) mass is 310 g/mol. The first-order valence-electron chi connectivity index (χ1n) is 7.30. The Bertz CT molecular complexity index is 423. The summed E-state index contributed by atoms with van der Waals surface area (Å²) in [6.45, 7) is 3.42. The van der Waals surface area contributed by atoms with Gasteiger partial charge in [0.1, 0.15) is 0 Å². The van der Waals surface area contributed by atoms with E-state index < -0.39 is 0 Å². The summed E-state index contributed by atoms with van der Waals surface area (Å²) in [6, 6.07) is 3.81. The Morgan fingerprint density at radius 1 is 1.18 bits per heavy atom. The van der Waals surface area contributed by atoms with Crippen molar-refractivity contribution in [3.8, 4) is 5.88 Å². The molecule has 0 aromatic carbocycles. The first kappa shape index (κ1) is 18.2. The van der Waals surface area contributed by atoms with Crippen LogP contribution in [0.15, 0.2) is 23.3 Å². The predicted molar refractivity (Wildman–Crippen MR) is 86.3 cm³/mol. The molecule has 7 nitrogen and oxygen atoms in total. The van der Waals surface area contributed by atoms with E-state index in [1.54, 1.807) is 27.5 Å². The highest BCUT2D eigenvalue weighted by Gasteiger charge is 1.99. The van der Waals surface area contributed by atoms with Crippen LogP contribution in [0.2, 0.25) is 0 Å². The van der Waals surface area contributed by atoms with E-state index in [1.807, 2.05) is 12.1 Å². The average molecular weight is 310 g/mol. The van der Waals surface area contributed by atoms with Crippen LogP contribution in [0.1, 0.15) is 12.0 Å². The van der Waals surface area contributed by atoms with Gasteiger partial charge >= 0.3 is 0 Å². The van der Waals surface area contributed by atoms with E-state index in [9.17, 15) is 0 Å². The Kier molecular flexibility index (Phi) is 9.73. The molecule has 0 spiro atoms. The molecular weight excluding hydrogens is 284 g/mol. The molecule has 22 heavy (non-hydrogen) atoms. The topological polar surface area (TPSA) is 77.0 Å². The molecule has 0 unspecified atom stereocenters. The number of rotatable bonds is 10. The number of nitrogens with one attached hydrogen (secondary N) is 2. The number of pyridine rings is 1. The van der Waals surface area contributed by atoms with Crippen molar-refractivity contribution in [2.45, 2.75) is 13.0 Å². The van der Waals surface area contributed by atoms with Crippen molar-refractivity contribution in [1.29, 1.82) is 0 Å². The third-order valence-electron chi connectivity index (χ3n) is 2.88. The summed E-state index contributed by atoms with van der Waals surface area (Å²) in [7, 11) is 5.01. The van der Waals surface area contributed by atoms with E-state index >= 15 is 0 Å². The summed E-state index contributed by atoms with van der Waals surface area (Å²) in [5.74, 6) is 1.37. The second-order valence-corrected chi connectivity index (χ2v) is 4.52. The van der Waals surface area contributed by atoms with Gasteiger partial charge in [0.15, 0.2) is 5.96 Å². The van der Waals surface area contributed by atoms with Gasteiger partial charge in [-0.1, -0.05) is 6.07 Å². The Morgan fingerprint density at radius 2 is 2.05 bits per heavy atom. The van der Waals surface area contributed by atoms with Gasteiger partial charge in [-0.05, 0) is 12.0 Å². The molecule has 0 radical (unpaired) electrons. The second kappa shape index (κ2) is 11.8. The molecule has 0 bridgehead atoms. The second-order valence-electron chi connectivity index (χ2n) is 4.52. The standard InChI is InChI=1S/C15H26N4O3/c1-16-15(17-7-4-8-22-10-9-20-2)19-12-13-5-6-14(21-3)18-11-13/h5-6,11H,4,7-10,12H2,1-3H3,(H2,16,17,19). The molecule has 0 aliphatic heterocycles. The molecule has 1 aromatic heterocycles. The van der Waals surface area contributed by atoms with Crippen LogP contribution < -0.4 is 15.4 Å². The predicted octanol–water partition coefficient (Wildman–Crippen LogP) is 0.808. The Morgan fingerprint density at radius 3 is 2.68 bits per heavy atom. The number of ether oxygens (including phenoxy) is 3. The van der Waals surface area contributed by atoms with E-state index in [1.165, 1.54) is 0 Å². The molecule has 0 atom stereocenters. The van der Waals surface area contributed by atoms with Gasteiger partial charge in [0, 0.05) is 46.1 Å². The molecule has 0 amide bonds. The highest BCUT2D eigenvalue weighted by molar-refractivity contribution is 5.79. The van der Waals surface area contributed by atoms with Gasteiger partial charge in [0.25, 0.3) is 0 Å². The van der Waals surface area contributed by atoms with E-state index in [0.717, 1.165) is 24.5 Å². The van der Waals surface area contributed by atoms with Crippen molar-refractivity contribution >= 4 is 5.96 Å². The molecular formula is C15H26N4O3. The van der Waals surface area contributed by atoms with Crippen LogP contribution in [0.5, 0.6) is 5.88 Å². The van der Waals surface area contributed by atoms with Crippen LogP contribution >= 0.6 is 0 Å². The molecule has 7 heteroatoms. The van der Waals surface area contributed by atoms with E-state index in [2.05, 4.69) is 20.6 Å². The zero-order valence-electron chi connectivity index (χ0n) is 13.6. The van der Waals surface area contributed by atoms with Crippen molar-refractivity contribution < 1.29 is 14.2 Å². The molecule has 0 saturated heterocycles. The Balaban J connectivity index is 2.16. The van der Waals surface area contributed by atoms with Crippen LogP contribution in [0.25, 0.3) is 0 Å². The van der Waals surface area contributed by atoms with Crippen molar-refractivity contribution in [2.24, 2.45) is 4.99 Å². The highest BCUT2D eigenvalue weighted by Crippen LogP contribution is 2.05. The number of aromatic nitrogens is 1. The highest BCUT2D eigenvalue weighted by atomic mass is 16.5. The summed E-state index contributed by atoms with van der Waals surface area (Å²) in [5, 5.41) is 6.47. The third kappa shape index (κ3) is 7.80. The van der Waals surface area contributed by atoms with Crippen LogP contribution in [-0.4, -0.2) is 58.6 Å². The first-order valence-corrected chi connectivity index (χ1v) is 7.30. The fourth-order valence-corrected chi connectivity index (χ4v) is 1.67. The van der Waals surface area contributed by atoms with Gasteiger partial charge in [0.05, 0.1) is 20.3 Å². The summed E-state index contributed by atoms with van der Waals surface area (Å²) in [5.41, 5.74) is 1.06. The average Bonchev–Trinajstić information content (AvgIpc) is 2.57. The summed E-state index contributed by atoms with van der Waals surface area (Å²) >= 11 is 0. The van der Waals surface area contributed by atoms with Crippen molar-refractivity contribution in [3.05, 3.63) is 23.9 Å². The van der Waals surface area contributed by atoms with Crippen LogP contribution in [-0.2, 0) is 16.0 Å². The lowest BCUT2D eigenvalue weighted by molar-refractivity contribution is 0.0698.